The third kappa shape index (κ3) is 1.25. The van der Waals surface area contributed by atoms with Gasteiger partial charge in [-0.3, -0.25) is 4.79 Å². The lowest BCUT2D eigenvalue weighted by molar-refractivity contribution is 0.0985. The van der Waals surface area contributed by atoms with Crippen molar-refractivity contribution in [1.29, 1.82) is 0 Å². The Hall–Kier alpha value is -1.55. The van der Waals surface area contributed by atoms with Crippen LogP contribution in [0.25, 0.3) is 0 Å². The highest BCUT2D eigenvalue weighted by Gasteiger charge is 2.21. The van der Waals surface area contributed by atoms with Crippen LogP contribution in [-0.2, 0) is 0 Å². The summed E-state index contributed by atoms with van der Waals surface area (Å²) < 4.78 is 0. The smallest absolute Gasteiger partial charge is 0.295 e. The number of nitrogens with zero attached hydrogens (tertiary/aromatic N) is 2. The maximum absolute atomic E-state index is 11.2. The minimum Gasteiger partial charge on any atom is -0.328 e. The molecule has 1 aromatic rings. The molecular formula is C9H9N3O. The standard InChI is InChI=1S/C9H9N3O/c10-5-8-6-3-1-2-4-7(6)9(13)12-11-8/h1-4,8H,5,10H2. The fourth-order valence-electron chi connectivity index (χ4n) is 1.39. The Bertz CT molecular complexity index is 373. The van der Waals surface area contributed by atoms with E-state index in [4.69, 9.17) is 5.73 Å². The van der Waals surface area contributed by atoms with Crippen molar-refractivity contribution >= 4 is 5.91 Å². The molecule has 0 saturated heterocycles. The van der Waals surface area contributed by atoms with E-state index >= 15 is 0 Å². The summed E-state index contributed by atoms with van der Waals surface area (Å²) in [6.07, 6.45) is 0. The molecule has 1 amide bonds. The number of carbonyl (C=O) groups is 1. The number of amides is 1. The van der Waals surface area contributed by atoms with E-state index in [2.05, 4.69) is 10.2 Å². The molecule has 0 aliphatic carbocycles. The predicted molar refractivity (Wildman–Crippen MR) is 47.4 cm³/mol. The van der Waals surface area contributed by atoms with Crippen molar-refractivity contribution in [3.8, 4) is 0 Å². The van der Waals surface area contributed by atoms with Gasteiger partial charge in [0.2, 0.25) is 0 Å². The summed E-state index contributed by atoms with van der Waals surface area (Å²) in [5.74, 6) is -0.277. The summed E-state index contributed by atoms with van der Waals surface area (Å²) in [6, 6.07) is 7.14. The number of nitrogens with two attached hydrogens (primary N) is 1. The maximum Gasteiger partial charge on any atom is 0.295 e. The summed E-state index contributed by atoms with van der Waals surface area (Å²) in [4.78, 5) is 11.2. The number of benzene rings is 1. The molecule has 4 heteroatoms. The highest BCUT2D eigenvalue weighted by Crippen LogP contribution is 2.25. The van der Waals surface area contributed by atoms with Gasteiger partial charge in [0, 0.05) is 12.1 Å². The molecule has 1 aromatic carbocycles. The zero-order chi connectivity index (χ0) is 9.26. The van der Waals surface area contributed by atoms with Crippen LogP contribution in [0.1, 0.15) is 22.0 Å². The normalized spacial score (nSPS) is 20.1. The molecule has 66 valence electrons. The number of rotatable bonds is 1. The van der Waals surface area contributed by atoms with Crippen LogP contribution in [0.3, 0.4) is 0 Å². The Morgan fingerprint density at radius 2 is 2.15 bits per heavy atom. The average Bonchev–Trinajstić information content (AvgIpc) is 2.19. The van der Waals surface area contributed by atoms with E-state index in [-0.39, 0.29) is 11.9 Å². The lowest BCUT2D eigenvalue weighted by Gasteiger charge is -2.15. The van der Waals surface area contributed by atoms with E-state index in [1.807, 2.05) is 18.2 Å². The van der Waals surface area contributed by atoms with Gasteiger partial charge in [-0.1, -0.05) is 18.2 Å². The van der Waals surface area contributed by atoms with Crippen molar-refractivity contribution in [2.45, 2.75) is 6.04 Å². The van der Waals surface area contributed by atoms with Gasteiger partial charge in [-0.05, 0) is 11.6 Å². The zero-order valence-corrected chi connectivity index (χ0v) is 6.97. The van der Waals surface area contributed by atoms with Crippen LogP contribution in [0.5, 0.6) is 0 Å². The van der Waals surface area contributed by atoms with Gasteiger partial charge in [-0.25, -0.2) is 0 Å². The lowest BCUT2D eigenvalue weighted by atomic mass is 9.99. The Morgan fingerprint density at radius 1 is 1.38 bits per heavy atom. The first-order valence-electron chi connectivity index (χ1n) is 4.07. The maximum atomic E-state index is 11.2. The predicted octanol–water partition coefficient (Wildman–Crippen LogP) is 1.29. The molecule has 2 rings (SSSR count). The SMILES string of the molecule is NCC1N=NC(=O)c2ccccc21. The molecule has 4 nitrogen and oxygen atoms in total. The average molecular weight is 175 g/mol. The molecule has 0 radical (unpaired) electrons. The molecule has 2 N–H and O–H groups in total. The summed E-state index contributed by atoms with van der Waals surface area (Å²) in [6.45, 7) is 0.383. The number of hydrogen-bond donors (Lipinski definition) is 1. The Balaban J connectivity index is 2.54. The van der Waals surface area contributed by atoms with Gasteiger partial charge in [-0.2, -0.15) is 5.11 Å². The van der Waals surface area contributed by atoms with Gasteiger partial charge in [0.1, 0.15) is 6.04 Å². The van der Waals surface area contributed by atoms with Crippen molar-refractivity contribution in [2.75, 3.05) is 6.54 Å². The molecule has 0 spiro atoms. The van der Waals surface area contributed by atoms with E-state index in [1.54, 1.807) is 6.07 Å². The molecule has 1 aliphatic heterocycles. The third-order valence-corrected chi connectivity index (χ3v) is 2.06. The number of fused-ring (bicyclic) bond motifs is 1. The topological polar surface area (TPSA) is 67.8 Å². The van der Waals surface area contributed by atoms with E-state index in [1.165, 1.54) is 0 Å². The van der Waals surface area contributed by atoms with Gasteiger partial charge in [-0.15, -0.1) is 5.11 Å². The van der Waals surface area contributed by atoms with Gasteiger partial charge in [0.15, 0.2) is 0 Å². The molecule has 13 heavy (non-hydrogen) atoms. The van der Waals surface area contributed by atoms with Gasteiger partial charge >= 0.3 is 0 Å². The quantitative estimate of drug-likeness (QED) is 0.698. The van der Waals surface area contributed by atoms with Crippen molar-refractivity contribution in [1.82, 2.24) is 0 Å². The summed E-state index contributed by atoms with van der Waals surface area (Å²) in [7, 11) is 0. The minimum atomic E-state index is -0.277. The Kier molecular flexibility index (Phi) is 1.90. The van der Waals surface area contributed by atoms with Crippen LogP contribution in [-0.4, -0.2) is 12.5 Å². The van der Waals surface area contributed by atoms with Gasteiger partial charge < -0.3 is 5.73 Å². The zero-order valence-electron chi connectivity index (χ0n) is 6.97. The monoisotopic (exact) mass is 175 g/mol. The molecule has 1 heterocycles. The third-order valence-electron chi connectivity index (χ3n) is 2.06. The van der Waals surface area contributed by atoms with Crippen LogP contribution in [0.4, 0.5) is 0 Å². The second-order valence-electron chi connectivity index (χ2n) is 2.86. The molecule has 0 bridgehead atoms. The van der Waals surface area contributed by atoms with Gasteiger partial charge in [0.05, 0.1) is 0 Å². The largest absolute Gasteiger partial charge is 0.328 e. The first-order valence-corrected chi connectivity index (χ1v) is 4.07. The van der Waals surface area contributed by atoms with Crippen molar-refractivity contribution in [3.05, 3.63) is 35.4 Å². The number of carbonyl (C=O) groups excluding carboxylic acids is 1. The van der Waals surface area contributed by atoms with Crippen LogP contribution in [0, 0.1) is 0 Å². The molecular weight excluding hydrogens is 166 g/mol. The molecule has 1 unspecified atom stereocenters. The highest BCUT2D eigenvalue weighted by atomic mass is 16.1. The summed E-state index contributed by atoms with van der Waals surface area (Å²) >= 11 is 0. The molecule has 0 aromatic heterocycles. The van der Waals surface area contributed by atoms with E-state index < -0.39 is 0 Å². The van der Waals surface area contributed by atoms with E-state index in [0.717, 1.165) is 5.56 Å². The molecule has 1 aliphatic rings. The number of azo groups is 1. The molecule has 1 atom stereocenters. The summed E-state index contributed by atoms with van der Waals surface area (Å²) in [5, 5.41) is 7.35. The minimum absolute atomic E-state index is 0.158. The van der Waals surface area contributed by atoms with Crippen LogP contribution >= 0.6 is 0 Å². The fraction of sp³-hybridized carbons (Fsp3) is 0.222. The first kappa shape index (κ1) is 8.07. The Labute approximate surface area is 75.5 Å². The van der Waals surface area contributed by atoms with Gasteiger partial charge in [0.25, 0.3) is 5.91 Å². The first-order chi connectivity index (χ1) is 6.33. The van der Waals surface area contributed by atoms with E-state index in [0.29, 0.717) is 12.1 Å². The highest BCUT2D eigenvalue weighted by molar-refractivity contribution is 5.96. The summed E-state index contributed by atoms with van der Waals surface area (Å²) in [5.41, 5.74) is 7.00. The van der Waals surface area contributed by atoms with Crippen molar-refractivity contribution in [2.24, 2.45) is 16.0 Å². The van der Waals surface area contributed by atoms with Crippen molar-refractivity contribution in [3.63, 3.8) is 0 Å². The van der Waals surface area contributed by atoms with Crippen LogP contribution in [0.15, 0.2) is 34.5 Å². The molecule has 0 saturated carbocycles. The Morgan fingerprint density at radius 3 is 2.92 bits per heavy atom. The van der Waals surface area contributed by atoms with E-state index in [9.17, 15) is 4.79 Å². The molecule has 0 fully saturated rings. The van der Waals surface area contributed by atoms with Crippen LogP contribution < -0.4 is 5.73 Å². The van der Waals surface area contributed by atoms with Crippen LogP contribution in [0.2, 0.25) is 0 Å². The van der Waals surface area contributed by atoms with Crippen molar-refractivity contribution < 1.29 is 4.79 Å². The second kappa shape index (κ2) is 3.06. The lowest BCUT2D eigenvalue weighted by Crippen LogP contribution is -2.17. The fourth-order valence-corrected chi connectivity index (χ4v) is 1.39. The second-order valence-corrected chi connectivity index (χ2v) is 2.86. The number of hydrogen-bond acceptors (Lipinski definition) is 3.